The van der Waals surface area contributed by atoms with Crippen molar-refractivity contribution in [2.24, 2.45) is 0 Å². The number of carbonyl (C=O) groups is 2. The second kappa shape index (κ2) is 10.8. The molecule has 0 aliphatic rings. The highest BCUT2D eigenvalue weighted by atomic mass is 32.2. The Morgan fingerprint density at radius 3 is 2.03 bits per heavy atom. The fourth-order valence-electron chi connectivity index (χ4n) is 2.69. The molecule has 10 heteroatoms. The summed E-state index contributed by atoms with van der Waals surface area (Å²) < 4.78 is 35.7. The number of amides is 2. The molecular weight excluding hydrogens is 422 g/mol. The molecular formula is C21H27N3O6S. The standard InChI is InChI=1S/C21H27N3O6S/c1-24(2)31(27,28)17-8-5-16(6-9-17)14-23-21(26)20(25)22-12-11-15-7-10-18(29-3)19(13-15)30-4/h5-10,13H,11-12,14H2,1-4H3,(H,22,25)(H,23,26). The smallest absolute Gasteiger partial charge is 0.309 e. The SMILES string of the molecule is COc1ccc(CCNC(=O)C(=O)NCc2ccc(S(=O)(=O)N(C)C)cc2)cc1OC. The van der Waals surface area contributed by atoms with Gasteiger partial charge in [-0.3, -0.25) is 9.59 Å². The number of hydrogen-bond acceptors (Lipinski definition) is 6. The second-order valence-corrected chi connectivity index (χ2v) is 8.96. The molecule has 0 radical (unpaired) electrons. The molecule has 0 heterocycles. The Hall–Kier alpha value is -3.11. The van der Waals surface area contributed by atoms with Crippen LogP contribution in [0.4, 0.5) is 0 Å². The zero-order valence-corrected chi connectivity index (χ0v) is 18.8. The van der Waals surface area contributed by atoms with Crippen LogP contribution >= 0.6 is 0 Å². The lowest BCUT2D eigenvalue weighted by atomic mass is 10.1. The quantitative estimate of drug-likeness (QED) is 0.551. The minimum Gasteiger partial charge on any atom is -0.493 e. The van der Waals surface area contributed by atoms with Gasteiger partial charge in [-0.25, -0.2) is 12.7 Å². The Kier molecular flexibility index (Phi) is 8.40. The Labute approximate surface area is 182 Å². The highest BCUT2D eigenvalue weighted by molar-refractivity contribution is 7.89. The van der Waals surface area contributed by atoms with E-state index in [-0.39, 0.29) is 18.0 Å². The number of nitrogens with one attached hydrogen (secondary N) is 2. The van der Waals surface area contributed by atoms with Gasteiger partial charge in [-0.15, -0.1) is 0 Å². The summed E-state index contributed by atoms with van der Waals surface area (Å²) in [5, 5.41) is 5.08. The van der Waals surface area contributed by atoms with E-state index in [0.29, 0.717) is 23.5 Å². The minimum atomic E-state index is -3.51. The first-order valence-corrected chi connectivity index (χ1v) is 10.9. The average molecular weight is 450 g/mol. The van der Waals surface area contributed by atoms with E-state index in [9.17, 15) is 18.0 Å². The summed E-state index contributed by atoms with van der Waals surface area (Å²) in [4.78, 5) is 24.1. The van der Waals surface area contributed by atoms with Crippen molar-refractivity contribution in [1.29, 1.82) is 0 Å². The molecule has 9 nitrogen and oxygen atoms in total. The third kappa shape index (κ3) is 6.43. The van der Waals surface area contributed by atoms with Crippen LogP contribution in [0, 0.1) is 0 Å². The lowest BCUT2D eigenvalue weighted by molar-refractivity contribution is -0.139. The van der Waals surface area contributed by atoms with Crippen LogP contribution in [0.15, 0.2) is 47.4 Å². The van der Waals surface area contributed by atoms with Gasteiger partial charge < -0.3 is 20.1 Å². The molecule has 2 aromatic rings. The van der Waals surface area contributed by atoms with Gasteiger partial charge in [-0.1, -0.05) is 18.2 Å². The molecule has 168 valence electrons. The fourth-order valence-corrected chi connectivity index (χ4v) is 3.59. The molecule has 0 fully saturated rings. The lowest BCUT2D eigenvalue weighted by Gasteiger charge is -2.12. The van der Waals surface area contributed by atoms with Gasteiger partial charge in [0.15, 0.2) is 11.5 Å². The van der Waals surface area contributed by atoms with Crippen LogP contribution in [0.1, 0.15) is 11.1 Å². The molecule has 0 unspecified atom stereocenters. The van der Waals surface area contributed by atoms with E-state index in [1.165, 1.54) is 26.2 Å². The van der Waals surface area contributed by atoms with Crippen molar-refractivity contribution in [2.45, 2.75) is 17.9 Å². The Bertz CT molecular complexity index is 1020. The normalized spacial score (nSPS) is 11.1. The third-order valence-corrected chi connectivity index (χ3v) is 6.34. The summed E-state index contributed by atoms with van der Waals surface area (Å²) >= 11 is 0. The molecule has 0 aliphatic carbocycles. The largest absolute Gasteiger partial charge is 0.493 e. The zero-order chi connectivity index (χ0) is 23.0. The van der Waals surface area contributed by atoms with Gasteiger partial charge in [-0.2, -0.15) is 0 Å². The molecule has 31 heavy (non-hydrogen) atoms. The minimum absolute atomic E-state index is 0.101. The number of sulfonamides is 1. The van der Waals surface area contributed by atoms with Crippen molar-refractivity contribution in [3.63, 3.8) is 0 Å². The number of rotatable bonds is 9. The molecule has 0 spiro atoms. The number of nitrogens with zero attached hydrogens (tertiary/aromatic N) is 1. The van der Waals surface area contributed by atoms with Crippen LogP contribution < -0.4 is 20.1 Å². The molecule has 2 N–H and O–H groups in total. The number of ether oxygens (including phenoxy) is 2. The van der Waals surface area contributed by atoms with Gasteiger partial charge in [0.25, 0.3) is 0 Å². The highest BCUT2D eigenvalue weighted by Crippen LogP contribution is 2.27. The van der Waals surface area contributed by atoms with Crippen molar-refractivity contribution in [3.05, 3.63) is 53.6 Å². The number of methoxy groups -OCH3 is 2. The van der Waals surface area contributed by atoms with Crippen molar-refractivity contribution >= 4 is 21.8 Å². The van der Waals surface area contributed by atoms with Crippen molar-refractivity contribution in [1.82, 2.24) is 14.9 Å². The van der Waals surface area contributed by atoms with E-state index in [1.54, 1.807) is 32.4 Å². The molecule has 0 aromatic heterocycles. The van der Waals surface area contributed by atoms with E-state index < -0.39 is 21.8 Å². The maximum Gasteiger partial charge on any atom is 0.309 e. The van der Waals surface area contributed by atoms with Crippen LogP contribution in [0.2, 0.25) is 0 Å². The van der Waals surface area contributed by atoms with Crippen molar-refractivity contribution in [3.8, 4) is 11.5 Å². The highest BCUT2D eigenvalue weighted by Gasteiger charge is 2.17. The molecule has 2 rings (SSSR count). The first-order chi connectivity index (χ1) is 14.7. The molecule has 0 saturated carbocycles. The van der Waals surface area contributed by atoms with Gasteiger partial charge in [0.05, 0.1) is 19.1 Å². The van der Waals surface area contributed by atoms with Crippen molar-refractivity contribution in [2.75, 3.05) is 34.9 Å². The van der Waals surface area contributed by atoms with Crippen molar-refractivity contribution < 1.29 is 27.5 Å². The van der Waals surface area contributed by atoms with Crippen LogP contribution in [0.5, 0.6) is 11.5 Å². The van der Waals surface area contributed by atoms with E-state index in [4.69, 9.17) is 9.47 Å². The van der Waals surface area contributed by atoms with Crippen LogP contribution in [-0.4, -0.2) is 59.4 Å². The Morgan fingerprint density at radius 1 is 0.871 bits per heavy atom. The third-order valence-electron chi connectivity index (χ3n) is 4.51. The first-order valence-electron chi connectivity index (χ1n) is 9.47. The van der Waals surface area contributed by atoms with Gasteiger partial charge in [0, 0.05) is 27.2 Å². The van der Waals surface area contributed by atoms with E-state index in [0.717, 1.165) is 9.87 Å². The predicted molar refractivity (Wildman–Crippen MR) is 115 cm³/mol. The maximum absolute atomic E-state index is 12.1. The monoisotopic (exact) mass is 449 g/mol. The summed E-state index contributed by atoms with van der Waals surface area (Å²) in [6.45, 7) is 0.378. The van der Waals surface area contributed by atoms with Gasteiger partial charge >= 0.3 is 11.8 Å². The fraction of sp³-hybridized carbons (Fsp3) is 0.333. The van der Waals surface area contributed by atoms with Gasteiger partial charge in [0.1, 0.15) is 0 Å². The summed E-state index contributed by atoms with van der Waals surface area (Å²) in [6.07, 6.45) is 0.515. The van der Waals surface area contributed by atoms with Crippen LogP contribution in [-0.2, 0) is 32.6 Å². The number of benzene rings is 2. The first kappa shape index (κ1) is 24.2. The molecule has 0 atom stereocenters. The molecule has 2 amide bonds. The maximum atomic E-state index is 12.1. The average Bonchev–Trinajstić information content (AvgIpc) is 2.77. The summed E-state index contributed by atoms with van der Waals surface area (Å²) in [5.41, 5.74) is 1.59. The lowest BCUT2D eigenvalue weighted by Crippen LogP contribution is -2.40. The molecule has 0 aliphatic heterocycles. The van der Waals surface area contributed by atoms with E-state index in [1.807, 2.05) is 12.1 Å². The molecule has 0 bridgehead atoms. The van der Waals surface area contributed by atoms with Gasteiger partial charge in [-0.05, 0) is 41.8 Å². The van der Waals surface area contributed by atoms with Crippen LogP contribution in [0.25, 0.3) is 0 Å². The summed E-state index contributed by atoms with van der Waals surface area (Å²) in [5.74, 6) is -0.305. The molecule has 0 saturated heterocycles. The van der Waals surface area contributed by atoms with Crippen LogP contribution in [0.3, 0.4) is 0 Å². The second-order valence-electron chi connectivity index (χ2n) is 6.81. The Balaban J connectivity index is 1.82. The topological polar surface area (TPSA) is 114 Å². The van der Waals surface area contributed by atoms with E-state index >= 15 is 0 Å². The summed E-state index contributed by atoms with van der Waals surface area (Å²) in [6, 6.07) is 11.5. The van der Waals surface area contributed by atoms with E-state index in [2.05, 4.69) is 10.6 Å². The number of hydrogen-bond donors (Lipinski definition) is 2. The number of carbonyl (C=O) groups excluding carboxylic acids is 2. The molecule has 2 aromatic carbocycles. The Morgan fingerprint density at radius 2 is 1.45 bits per heavy atom. The zero-order valence-electron chi connectivity index (χ0n) is 18.0. The predicted octanol–water partition coefficient (Wildman–Crippen LogP) is 0.929. The summed E-state index contributed by atoms with van der Waals surface area (Å²) in [7, 11) is 2.49. The van der Waals surface area contributed by atoms with Gasteiger partial charge in [0.2, 0.25) is 10.0 Å².